The maximum atomic E-state index is 11.6. The van der Waals surface area contributed by atoms with Crippen LogP contribution in [-0.4, -0.2) is 13.1 Å². The summed E-state index contributed by atoms with van der Waals surface area (Å²) < 4.78 is 4.74. The smallest absolute Gasteiger partial charge is 0.346 e. The van der Waals surface area contributed by atoms with Gasteiger partial charge in [0.2, 0.25) is 0 Å². The van der Waals surface area contributed by atoms with Crippen molar-refractivity contribution in [1.29, 1.82) is 0 Å². The number of carbonyl (C=O) groups is 1. The maximum Gasteiger partial charge on any atom is 0.346 e. The average Bonchev–Trinajstić information content (AvgIpc) is 2.30. The molecule has 2 nitrogen and oxygen atoms in total. The molecule has 0 unspecified atom stereocenters. The molecule has 0 aliphatic rings. The Morgan fingerprint density at radius 2 is 1.94 bits per heavy atom. The summed E-state index contributed by atoms with van der Waals surface area (Å²) >= 11 is 0. The van der Waals surface area contributed by atoms with Crippen LogP contribution < -0.4 is 0 Å². The molecule has 0 fully saturated rings. The summed E-state index contributed by atoms with van der Waals surface area (Å²) in [6.45, 7) is 4.07. The van der Waals surface area contributed by atoms with E-state index in [1.54, 1.807) is 0 Å². The van der Waals surface area contributed by atoms with Crippen LogP contribution in [0, 0.1) is 5.92 Å². The molecule has 0 bridgehead atoms. The van der Waals surface area contributed by atoms with E-state index in [1.165, 1.54) is 7.11 Å². The molecule has 0 radical (unpaired) electrons. The molecule has 0 aromatic heterocycles. The number of hydrogen-bond donors (Lipinski definition) is 0. The summed E-state index contributed by atoms with van der Waals surface area (Å²) in [7, 11) is 1.38. The zero-order valence-corrected chi connectivity index (χ0v) is 9.86. The molecule has 0 spiro atoms. The summed E-state index contributed by atoms with van der Waals surface area (Å²) in [5.74, 6) is -0.00790. The molecule has 0 aliphatic carbocycles. The van der Waals surface area contributed by atoms with Gasteiger partial charge in [-0.3, -0.25) is 0 Å². The van der Waals surface area contributed by atoms with E-state index in [9.17, 15) is 4.79 Å². The first kappa shape index (κ1) is 12.3. The largest absolute Gasteiger partial charge is 0.465 e. The third-order valence-electron chi connectivity index (χ3n) is 2.01. The first-order valence-electron chi connectivity index (χ1n) is 5.25. The number of methoxy groups -OCH3 is 1. The Balaban J connectivity index is 3.17. The van der Waals surface area contributed by atoms with Crippen LogP contribution in [0.15, 0.2) is 42.1 Å². The molecule has 0 saturated heterocycles. The molecule has 0 heterocycles. The Kier molecular flexibility index (Phi) is 4.56. The minimum absolute atomic E-state index is 0.350. The van der Waals surface area contributed by atoms with Crippen molar-refractivity contribution in [3.63, 3.8) is 0 Å². The Morgan fingerprint density at radius 3 is 2.44 bits per heavy atom. The number of ether oxygens (including phenoxy) is 1. The average molecular weight is 216 g/mol. The summed E-state index contributed by atoms with van der Waals surface area (Å²) in [5.41, 5.74) is 4.30. The van der Waals surface area contributed by atoms with Crippen molar-refractivity contribution in [2.24, 2.45) is 5.92 Å². The lowest BCUT2D eigenvalue weighted by molar-refractivity contribution is -0.133. The summed E-state index contributed by atoms with van der Waals surface area (Å²) in [5, 5.41) is 0. The van der Waals surface area contributed by atoms with Gasteiger partial charge in [0.05, 0.1) is 7.11 Å². The van der Waals surface area contributed by atoms with Crippen molar-refractivity contribution in [2.75, 3.05) is 7.11 Å². The van der Waals surface area contributed by atoms with Crippen LogP contribution in [0.1, 0.15) is 19.4 Å². The highest BCUT2D eigenvalue weighted by Crippen LogP contribution is 2.14. The zero-order valence-electron chi connectivity index (χ0n) is 9.86. The van der Waals surface area contributed by atoms with Crippen LogP contribution in [0.3, 0.4) is 0 Å². The Bertz CT molecular complexity index is 410. The predicted octanol–water partition coefficient (Wildman–Crippen LogP) is 3.05. The van der Waals surface area contributed by atoms with Crippen molar-refractivity contribution in [3.05, 3.63) is 47.7 Å². The van der Waals surface area contributed by atoms with E-state index in [0.717, 1.165) is 5.56 Å². The molecule has 1 aromatic rings. The van der Waals surface area contributed by atoms with E-state index in [0.29, 0.717) is 11.5 Å². The maximum absolute atomic E-state index is 11.6. The molecule has 0 amide bonds. The third kappa shape index (κ3) is 3.41. The standard InChI is InChI=1S/C14H16O2/c1-11(2)9-10-13(14(15)16-3)12-7-5-4-6-8-12/h4-9,11H,1-3H3. The van der Waals surface area contributed by atoms with Crippen molar-refractivity contribution in [1.82, 2.24) is 0 Å². The van der Waals surface area contributed by atoms with Gasteiger partial charge in [-0.2, -0.15) is 0 Å². The van der Waals surface area contributed by atoms with E-state index in [-0.39, 0.29) is 5.97 Å². The van der Waals surface area contributed by atoms with Gasteiger partial charge in [0.25, 0.3) is 0 Å². The molecular formula is C14H16O2. The topological polar surface area (TPSA) is 26.3 Å². The number of hydrogen-bond acceptors (Lipinski definition) is 2. The van der Waals surface area contributed by atoms with Crippen LogP contribution in [0.4, 0.5) is 0 Å². The highest BCUT2D eigenvalue weighted by molar-refractivity contribution is 6.16. The van der Waals surface area contributed by atoms with Crippen molar-refractivity contribution in [3.8, 4) is 0 Å². The van der Waals surface area contributed by atoms with Gasteiger partial charge in [-0.1, -0.05) is 44.2 Å². The quantitative estimate of drug-likeness (QED) is 0.441. The molecule has 0 atom stereocenters. The van der Waals surface area contributed by atoms with Gasteiger partial charge < -0.3 is 4.74 Å². The van der Waals surface area contributed by atoms with Gasteiger partial charge in [0.15, 0.2) is 0 Å². The van der Waals surface area contributed by atoms with Gasteiger partial charge in [0.1, 0.15) is 5.57 Å². The van der Waals surface area contributed by atoms with Crippen molar-refractivity contribution in [2.45, 2.75) is 13.8 Å². The zero-order chi connectivity index (χ0) is 12.0. The Morgan fingerprint density at radius 1 is 1.31 bits per heavy atom. The fourth-order valence-electron chi connectivity index (χ4n) is 1.22. The monoisotopic (exact) mass is 216 g/mol. The van der Waals surface area contributed by atoms with E-state index >= 15 is 0 Å². The summed E-state index contributed by atoms with van der Waals surface area (Å²) in [4.78, 5) is 11.6. The minimum Gasteiger partial charge on any atom is -0.465 e. The SMILES string of the molecule is COC(=O)C(=C=CC(C)C)c1ccccc1. The summed E-state index contributed by atoms with van der Waals surface area (Å²) in [6, 6.07) is 9.41. The fraction of sp³-hybridized carbons (Fsp3) is 0.286. The predicted molar refractivity (Wildman–Crippen MR) is 64.8 cm³/mol. The van der Waals surface area contributed by atoms with Crippen LogP contribution in [-0.2, 0) is 9.53 Å². The molecule has 16 heavy (non-hydrogen) atoms. The Labute approximate surface area is 96.2 Å². The van der Waals surface area contributed by atoms with Crippen LogP contribution >= 0.6 is 0 Å². The van der Waals surface area contributed by atoms with E-state index in [2.05, 4.69) is 5.73 Å². The highest BCUT2D eigenvalue weighted by atomic mass is 16.5. The second-order valence-corrected chi connectivity index (χ2v) is 3.79. The van der Waals surface area contributed by atoms with Crippen molar-refractivity contribution >= 4 is 11.5 Å². The molecule has 84 valence electrons. The molecule has 0 aliphatic heterocycles. The van der Waals surface area contributed by atoms with Gasteiger partial charge in [-0.05, 0) is 17.6 Å². The van der Waals surface area contributed by atoms with Gasteiger partial charge in [0, 0.05) is 0 Å². The number of rotatable bonds is 3. The lowest BCUT2D eigenvalue weighted by Crippen LogP contribution is -2.02. The van der Waals surface area contributed by atoms with E-state index in [4.69, 9.17) is 4.74 Å². The van der Waals surface area contributed by atoms with Crippen LogP contribution in [0.5, 0.6) is 0 Å². The molecule has 2 heteroatoms. The lowest BCUT2D eigenvalue weighted by atomic mass is 10.1. The van der Waals surface area contributed by atoms with Gasteiger partial charge in [-0.25, -0.2) is 4.79 Å². The first-order chi connectivity index (χ1) is 7.65. The number of benzene rings is 1. The van der Waals surface area contributed by atoms with Gasteiger partial charge in [-0.15, -0.1) is 5.73 Å². The fourth-order valence-corrected chi connectivity index (χ4v) is 1.22. The summed E-state index contributed by atoms with van der Waals surface area (Å²) in [6.07, 6.45) is 1.86. The van der Waals surface area contributed by atoms with E-state index < -0.39 is 0 Å². The van der Waals surface area contributed by atoms with E-state index in [1.807, 2.05) is 50.3 Å². The second kappa shape index (κ2) is 5.94. The molecule has 0 N–H and O–H groups in total. The van der Waals surface area contributed by atoms with Gasteiger partial charge >= 0.3 is 5.97 Å². The van der Waals surface area contributed by atoms with Crippen molar-refractivity contribution < 1.29 is 9.53 Å². The lowest BCUT2D eigenvalue weighted by Gasteiger charge is -2.02. The molecule has 1 aromatic carbocycles. The number of carbonyl (C=O) groups excluding carboxylic acids is 1. The molecule has 1 rings (SSSR count). The molecule has 0 saturated carbocycles. The van der Waals surface area contributed by atoms with Crippen LogP contribution in [0.2, 0.25) is 0 Å². The number of esters is 1. The second-order valence-electron chi connectivity index (χ2n) is 3.79. The highest BCUT2D eigenvalue weighted by Gasteiger charge is 2.10. The first-order valence-corrected chi connectivity index (χ1v) is 5.25. The molecular weight excluding hydrogens is 200 g/mol. The Hall–Kier alpha value is -1.79. The normalized spacial score (nSPS) is 9.50. The minimum atomic E-state index is -0.358. The van der Waals surface area contributed by atoms with Crippen LogP contribution in [0.25, 0.3) is 5.57 Å². The third-order valence-corrected chi connectivity index (χ3v) is 2.01.